The lowest BCUT2D eigenvalue weighted by molar-refractivity contribution is 0.242. The molecule has 1 fully saturated rings. The fourth-order valence-corrected chi connectivity index (χ4v) is 3.02. The van der Waals surface area contributed by atoms with Gasteiger partial charge < -0.3 is 9.64 Å². The predicted molar refractivity (Wildman–Crippen MR) is 85.7 cm³/mol. The Balaban J connectivity index is 1.89. The van der Waals surface area contributed by atoms with Crippen LogP contribution in [-0.2, 0) is 0 Å². The molecule has 1 saturated heterocycles. The number of ether oxygens (including phenoxy) is 1. The first-order chi connectivity index (χ1) is 9.65. The van der Waals surface area contributed by atoms with Crippen LogP contribution in [0.3, 0.4) is 0 Å². The number of hydrogen-bond acceptors (Lipinski definition) is 2. The first kappa shape index (κ1) is 15.7. The van der Waals surface area contributed by atoms with Gasteiger partial charge in [-0.05, 0) is 57.5 Å². The molecule has 0 aliphatic carbocycles. The SMILES string of the molecule is CC(C)Oc1ccc(C(Cl)CN2CCCCCC2)cc1. The fourth-order valence-electron chi connectivity index (χ4n) is 2.68. The summed E-state index contributed by atoms with van der Waals surface area (Å²) < 4.78 is 5.66. The van der Waals surface area contributed by atoms with Crippen LogP contribution < -0.4 is 4.74 Å². The van der Waals surface area contributed by atoms with Crippen LogP contribution in [0.5, 0.6) is 5.75 Å². The normalized spacial score (nSPS) is 18.8. The Hall–Kier alpha value is -0.730. The number of likely N-dealkylation sites (tertiary alicyclic amines) is 1. The minimum atomic E-state index is 0.0706. The van der Waals surface area contributed by atoms with Crippen molar-refractivity contribution in [3.05, 3.63) is 29.8 Å². The standard InChI is InChI=1S/C17H26ClNO/c1-14(2)20-16-9-7-15(8-10-16)17(18)13-19-11-5-3-4-6-12-19/h7-10,14,17H,3-6,11-13H2,1-2H3. The molecule has 0 saturated carbocycles. The van der Waals surface area contributed by atoms with Gasteiger partial charge in [-0.15, -0.1) is 11.6 Å². The second kappa shape index (κ2) is 7.90. The van der Waals surface area contributed by atoms with Crippen LogP contribution in [0.15, 0.2) is 24.3 Å². The van der Waals surface area contributed by atoms with Crippen molar-refractivity contribution in [2.45, 2.75) is 51.0 Å². The van der Waals surface area contributed by atoms with E-state index in [1.54, 1.807) is 0 Å². The number of benzene rings is 1. The van der Waals surface area contributed by atoms with Gasteiger partial charge in [-0.2, -0.15) is 0 Å². The molecule has 1 unspecified atom stereocenters. The highest BCUT2D eigenvalue weighted by molar-refractivity contribution is 6.21. The molecule has 0 radical (unpaired) electrons. The number of alkyl halides is 1. The zero-order chi connectivity index (χ0) is 14.4. The molecule has 1 aromatic rings. The largest absolute Gasteiger partial charge is 0.491 e. The molecule has 0 amide bonds. The van der Waals surface area contributed by atoms with E-state index in [0.29, 0.717) is 0 Å². The summed E-state index contributed by atoms with van der Waals surface area (Å²) in [7, 11) is 0. The van der Waals surface area contributed by atoms with Crippen molar-refractivity contribution in [1.82, 2.24) is 4.90 Å². The van der Waals surface area contributed by atoms with Crippen molar-refractivity contribution in [3.8, 4) is 5.75 Å². The molecule has 112 valence electrons. The Bertz CT molecular complexity index is 382. The Morgan fingerprint density at radius 1 is 1.05 bits per heavy atom. The van der Waals surface area contributed by atoms with E-state index in [4.69, 9.17) is 16.3 Å². The third-order valence-corrected chi connectivity index (χ3v) is 4.12. The molecule has 1 aliphatic heterocycles. The molecule has 0 spiro atoms. The molecule has 1 aliphatic rings. The van der Waals surface area contributed by atoms with Gasteiger partial charge in [-0.3, -0.25) is 0 Å². The van der Waals surface area contributed by atoms with Crippen LogP contribution in [-0.4, -0.2) is 30.6 Å². The Morgan fingerprint density at radius 3 is 2.20 bits per heavy atom. The second-order valence-corrected chi connectivity index (χ2v) is 6.44. The highest BCUT2D eigenvalue weighted by Crippen LogP contribution is 2.25. The summed E-state index contributed by atoms with van der Waals surface area (Å²) >= 11 is 6.57. The monoisotopic (exact) mass is 295 g/mol. The van der Waals surface area contributed by atoms with Gasteiger partial charge in [0.2, 0.25) is 0 Å². The zero-order valence-electron chi connectivity index (χ0n) is 12.6. The summed E-state index contributed by atoms with van der Waals surface area (Å²) in [6.45, 7) is 7.41. The van der Waals surface area contributed by atoms with Gasteiger partial charge in [-0.1, -0.05) is 25.0 Å². The molecule has 1 aromatic carbocycles. The van der Waals surface area contributed by atoms with E-state index in [9.17, 15) is 0 Å². The average molecular weight is 296 g/mol. The molecule has 0 N–H and O–H groups in total. The van der Waals surface area contributed by atoms with Crippen molar-refractivity contribution >= 4 is 11.6 Å². The van der Waals surface area contributed by atoms with Gasteiger partial charge in [-0.25, -0.2) is 0 Å². The molecular formula is C17H26ClNO. The lowest BCUT2D eigenvalue weighted by Crippen LogP contribution is -2.28. The number of halogens is 1. The molecule has 0 aromatic heterocycles. The maximum atomic E-state index is 6.57. The number of nitrogens with zero attached hydrogens (tertiary/aromatic N) is 1. The van der Waals surface area contributed by atoms with Crippen LogP contribution in [0.25, 0.3) is 0 Å². The average Bonchev–Trinajstić information content (AvgIpc) is 2.67. The maximum absolute atomic E-state index is 6.57. The van der Waals surface area contributed by atoms with Gasteiger partial charge in [0.15, 0.2) is 0 Å². The van der Waals surface area contributed by atoms with Gasteiger partial charge in [0.05, 0.1) is 11.5 Å². The van der Waals surface area contributed by atoms with E-state index in [0.717, 1.165) is 12.3 Å². The van der Waals surface area contributed by atoms with Gasteiger partial charge >= 0.3 is 0 Å². The Morgan fingerprint density at radius 2 is 1.65 bits per heavy atom. The number of hydrogen-bond donors (Lipinski definition) is 0. The highest BCUT2D eigenvalue weighted by Gasteiger charge is 2.15. The Labute approximate surface area is 128 Å². The van der Waals surface area contributed by atoms with E-state index in [-0.39, 0.29) is 11.5 Å². The summed E-state index contributed by atoms with van der Waals surface area (Å²) in [6.07, 6.45) is 5.56. The van der Waals surface area contributed by atoms with Crippen LogP contribution in [0, 0.1) is 0 Å². The van der Waals surface area contributed by atoms with E-state index < -0.39 is 0 Å². The highest BCUT2D eigenvalue weighted by atomic mass is 35.5. The molecule has 2 nitrogen and oxygen atoms in total. The van der Waals surface area contributed by atoms with Crippen LogP contribution >= 0.6 is 11.6 Å². The lowest BCUT2D eigenvalue weighted by Gasteiger charge is -2.23. The molecule has 2 rings (SSSR count). The van der Waals surface area contributed by atoms with Crippen molar-refractivity contribution in [3.63, 3.8) is 0 Å². The third-order valence-electron chi connectivity index (χ3n) is 3.73. The first-order valence-corrected chi connectivity index (χ1v) is 8.22. The van der Waals surface area contributed by atoms with Gasteiger partial charge in [0, 0.05) is 6.54 Å². The third kappa shape index (κ3) is 4.99. The van der Waals surface area contributed by atoms with Crippen LogP contribution in [0.4, 0.5) is 0 Å². The summed E-state index contributed by atoms with van der Waals surface area (Å²) in [5.74, 6) is 0.919. The molecular weight excluding hydrogens is 270 g/mol. The van der Waals surface area contributed by atoms with Crippen molar-refractivity contribution in [2.75, 3.05) is 19.6 Å². The molecule has 3 heteroatoms. The summed E-state index contributed by atoms with van der Waals surface area (Å²) in [6, 6.07) is 8.22. The van der Waals surface area contributed by atoms with Crippen LogP contribution in [0.1, 0.15) is 50.5 Å². The van der Waals surface area contributed by atoms with Crippen LogP contribution in [0.2, 0.25) is 0 Å². The Kier molecular flexibility index (Phi) is 6.18. The van der Waals surface area contributed by atoms with Crippen molar-refractivity contribution in [2.24, 2.45) is 0 Å². The van der Waals surface area contributed by atoms with Crippen molar-refractivity contribution in [1.29, 1.82) is 0 Å². The topological polar surface area (TPSA) is 12.5 Å². The smallest absolute Gasteiger partial charge is 0.119 e. The maximum Gasteiger partial charge on any atom is 0.119 e. The van der Waals surface area contributed by atoms with Crippen molar-refractivity contribution < 1.29 is 4.74 Å². The van der Waals surface area contributed by atoms with E-state index in [1.807, 2.05) is 26.0 Å². The van der Waals surface area contributed by atoms with E-state index in [2.05, 4.69) is 17.0 Å². The molecule has 1 atom stereocenters. The second-order valence-electron chi connectivity index (χ2n) is 5.92. The molecule has 1 heterocycles. The minimum absolute atomic E-state index is 0.0706. The first-order valence-electron chi connectivity index (χ1n) is 7.78. The lowest BCUT2D eigenvalue weighted by atomic mass is 10.1. The van der Waals surface area contributed by atoms with E-state index in [1.165, 1.54) is 44.3 Å². The van der Waals surface area contributed by atoms with E-state index >= 15 is 0 Å². The molecule has 0 bridgehead atoms. The quantitative estimate of drug-likeness (QED) is 0.734. The molecule has 20 heavy (non-hydrogen) atoms. The van der Waals surface area contributed by atoms with Gasteiger partial charge in [0.25, 0.3) is 0 Å². The summed E-state index contributed by atoms with van der Waals surface area (Å²) in [5, 5.41) is 0.0706. The summed E-state index contributed by atoms with van der Waals surface area (Å²) in [5.41, 5.74) is 1.19. The minimum Gasteiger partial charge on any atom is -0.491 e. The zero-order valence-corrected chi connectivity index (χ0v) is 13.4. The summed E-state index contributed by atoms with van der Waals surface area (Å²) in [4.78, 5) is 2.50. The fraction of sp³-hybridized carbons (Fsp3) is 0.647. The number of rotatable bonds is 5. The van der Waals surface area contributed by atoms with Gasteiger partial charge in [0.1, 0.15) is 5.75 Å². The predicted octanol–water partition coefficient (Wildman–Crippen LogP) is 4.63.